The molecule has 0 bridgehead atoms. The van der Waals surface area contributed by atoms with Crippen LogP contribution in [0.1, 0.15) is 12.8 Å². The lowest BCUT2D eigenvalue weighted by Crippen LogP contribution is -1.93. The van der Waals surface area contributed by atoms with Crippen molar-refractivity contribution in [2.24, 2.45) is 0 Å². The van der Waals surface area contributed by atoms with Gasteiger partial charge < -0.3 is 0 Å². The summed E-state index contributed by atoms with van der Waals surface area (Å²) in [4.78, 5) is 0. The first-order chi connectivity index (χ1) is 3.43. The highest BCUT2D eigenvalue weighted by atomic mass is 32.1. The fraction of sp³-hybridized carbons (Fsp3) is 1.00. The molecule has 1 heterocycles. The first-order valence-corrected chi connectivity index (χ1v) is 4.69. The van der Waals surface area contributed by atoms with Crippen molar-refractivity contribution in [2.45, 2.75) is 18.5 Å². The molecule has 2 unspecified atom stereocenters. The minimum atomic E-state index is 0.989. The fourth-order valence-electron chi connectivity index (χ4n) is 0.913. The van der Waals surface area contributed by atoms with Gasteiger partial charge in [0.05, 0.1) is 0 Å². The van der Waals surface area contributed by atoms with Crippen molar-refractivity contribution in [3.63, 3.8) is 0 Å². The van der Waals surface area contributed by atoms with Crippen LogP contribution in [0.5, 0.6) is 0 Å². The fourth-order valence-corrected chi connectivity index (χ4v) is 2.84. The van der Waals surface area contributed by atoms with Crippen molar-refractivity contribution < 1.29 is 0 Å². The van der Waals surface area contributed by atoms with Gasteiger partial charge in [-0.1, -0.05) is 0 Å². The minimum Gasteiger partial charge on any atom is -0.179 e. The molecule has 42 valence electrons. The van der Waals surface area contributed by atoms with Crippen molar-refractivity contribution in [2.75, 3.05) is 11.9 Å². The molecule has 0 amide bonds. The predicted octanol–water partition coefficient (Wildman–Crippen LogP) is 1.76. The molecule has 0 aromatic carbocycles. The van der Waals surface area contributed by atoms with Gasteiger partial charge in [-0.3, -0.25) is 0 Å². The van der Waals surface area contributed by atoms with Gasteiger partial charge in [0.1, 0.15) is 0 Å². The molecule has 1 fully saturated rings. The van der Waals surface area contributed by atoms with E-state index < -0.39 is 0 Å². The van der Waals surface area contributed by atoms with Crippen LogP contribution in [0.25, 0.3) is 0 Å². The largest absolute Gasteiger partial charge is 0.179 e. The molecule has 1 saturated heterocycles. The Labute approximate surface area is 52.3 Å². The Morgan fingerprint density at radius 1 is 1.71 bits per heavy atom. The lowest BCUT2D eigenvalue weighted by molar-refractivity contribution is 0.845. The van der Waals surface area contributed by atoms with E-state index in [0.29, 0.717) is 0 Å². The van der Waals surface area contributed by atoms with Crippen molar-refractivity contribution >= 4 is 21.2 Å². The summed E-state index contributed by atoms with van der Waals surface area (Å²) in [5.74, 6) is 1.12. The second-order valence-corrected chi connectivity index (χ2v) is 4.07. The van der Waals surface area contributed by atoms with Gasteiger partial charge >= 0.3 is 0 Å². The molecule has 0 aromatic rings. The zero-order valence-electron chi connectivity index (χ0n) is 4.35. The summed E-state index contributed by atoms with van der Waals surface area (Å²) in [7, 11) is 1.22. The zero-order chi connectivity index (χ0) is 5.11. The Kier molecular flexibility index (Phi) is 2.48. The third-order valence-electron chi connectivity index (χ3n) is 1.38. The average Bonchev–Trinajstić information content (AvgIpc) is 2.14. The molecule has 1 aliphatic rings. The summed E-state index contributed by atoms with van der Waals surface area (Å²) >= 11 is 4.22. The molecule has 0 aliphatic carbocycles. The van der Waals surface area contributed by atoms with Crippen LogP contribution in [-0.4, -0.2) is 17.6 Å². The Morgan fingerprint density at radius 3 is 2.86 bits per heavy atom. The molecular formula is C5H11PS. The van der Waals surface area contributed by atoms with Crippen molar-refractivity contribution in [1.82, 2.24) is 0 Å². The number of hydrogen-bond acceptors (Lipinski definition) is 1. The topological polar surface area (TPSA) is 0 Å². The highest BCUT2D eigenvalue weighted by Crippen LogP contribution is 2.32. The summed E-state index contributed by atoms with van der Waals surface area (Å²) in [6.45, 7) is 0. The summed E-state index contributed by atoms with van der Waals surface area (Å²) in [6.07, 6.45) is 4.39. The third-order valence-corrected chi connectivity index (χ3v) is 3.88. The quantitative estimate of drug-likeness (QED) is 0.410. The van der Waals surface area contributed by atoms with Gasteiger partial charge in [-0.05, 0) is 30.4 Å². The Morgan fingerprint density at radius 2 is 2.57 bits per heavy atom. The molecule has 0 aromatic heterocycles. The maximum absolute atomic E-state index is 4.22. The van der Waals surface area contributed by atoms with Gasteiger partial charge in [0.2, 0.25) is 0 Å². The van der Waals surface area contributed by atoms with Crippen LogP contribution in [0.4, 0.5) is 0 Å². The molecule has 0 saturated carbocycles. The molecule has 1 aliphatic heterocycles. The summed E-state index contributed by atoms with van der Waals surface area (Å²) < 4.78 is 0. The maximum atomic E-state index is 4.22. The van der Waals surface area contributed by atoms with Crippen LogP contribution in [0.3, 0.4) is 0 Å². The van der Waals surface area contributed by atoms with E-state index in [2.05, 4.69) is 12.6 Å². The average molecular weight is 134 g/mol. The van der Waals surface area contributed by atoms with E-state index >= 15 is 0 Å². The molecule has 0 N–H and O–H groups in total. The van der Waals surface area contributed by atoms with Crippen molar-refractivity contribution in [3.05, 3.63) is 0 Å². The normalized spacial score (nSPS) is 34.7. The second kappa shape index (κ2) is 2.94. The predicted molar refractivity (Wildman–Crippen MR) is 40.1 cm³/mol. The van der Waals surface area contributed by atoms with Crippen LogP contribution in [0, 0.1) is 0 Å². The van der Waals surface area contributed by atoms with Crippen molar-refractivity contribution in [1.29, 1.82) is 0 Å². The number of thiol groups is 1. The first kappa shape index (κ1) is 5.91. The van der Waals surface area contributed by atoms with Crippen LogP contribution in [0.15, 0.2) is 0 Å². The van der Waals surface area contributed by atoms with Crippen LogP contribution in [-0.2, 0) is 0 Å². The maximum Gasteiger partial charge on any atom is -0.00324 e. The molecule has 1 rings (SSSR count). The standard InChI is InChI=1S/C5H11PS/c7-4-5-2-1-3-6-5/h5-7H,1-4H2. The highest BCUT2D eigenvalue weighted by molar-refractivity contribution is 7.80. The van der Waals surface area contributed by atoms with Crippen LogP contribution < -0.4 is 0 Å². The third kappa shape index (κ3) is 1.62. The van der Waals surface area contributed by atoms with Gasteiger partial charge in [-0.25, -0.2) is 0 Å². The Hall–Kier alpha value is 0.780. The van der Waals surface area contributed by atoms with Gasteiger partial charge in [-0.2, -0.15) is 12.6 Å². The van der Waals surface area contributed by atoms with Crippen molar-refractivity contribution in [3.8, 4) is 0 Å². The van der Waals surface area contributed by atoms with E-state index in [1.807, 2.05) is 0 Å². The smallest absolute Gasteiger partial charge is 0.00324 e. The van der Waals surface area contributed by atoms with E-state index in [9.17, 15) is 0 Å². The lowest BCUT2D eigenvalue weighted by atomic mass is 10.3. The molecule has 0 spiro atoms. The van der Waals surface area contributed by atoms with Crippen LogP contribution >= 0.6 is 21.2 Å². The first-order valence-electron chi connectivity index (χ1n) is 2.77. The zero-order valence-corrected chi connectivity index (χ0v) is 6.25. The molecular weight excluding hydrogens is 123 g/mol. The lowest BCUT2D eigenvalue weighted by Gasteiger charge is -1.99. The Bertz CT molecular complexity index is 50.0. The van der Waals surface area contributed by atoms with Gasteiger partial charge in [-0.15, -0.1) is 8.58 Å². The van der Waals surface area contributed by atoms with Gasteiger partial charge in [0.25, 0.3) is 0 Å². The van der Waals surface area contributed by atoms with E-state index in [-0.39, 0.29) is 0 Å². The SMILES string of the molecule is SCC1CCCP1. The van der Waals surface area contributed by atoms with Crippen LogP contribution in [0.2, 0.25) is 0 Å². The number of hydrogen-bond donors (Lipinski definition) is 1. The summed E-state index contributed by atoms with van der Waals surface area (Å²) in [5.41, 5.74) is 0.989. The molecule has 0 radical (unpaired) electrons. The molecule has 0 nitrogen and oxygen atoms in total. The van der Waals surface area contributed by atoms with E-state index in [0.717, 1.165) is 11.4 Å². The van der Waals surface area contributed by atoms with E-state index in [1.165, 1.54) is 27.6 Å². The second-order valence-electron chi connectivity index (χ2n) is 1.98. The van der Waals surface area contributed by atoms with Gasteiger partial charge in [0.15, 0.2) is 0 Å². The molecule has 2 heteroatoms. The Balaban J connectivity index is 2.14. The monoisotopic (exact) mass is 134 g/mol. The summed E-state index contributed by atoms with van der Waals surface area (Å²) in [6, 6.07) is 0. The molecule has 2 atom stereocenters. The molecule has 7 heavy (non-hydrogen) atoms. The highest BCUT2D eigenvalue weighted by Gasteiger charge is 2.11. The van der Waals surface area contributed by atoms with Gasteiger partial charge in [0, 0.05) is 0 Å². The van der Waals surface area contributed by atoms with E-state index in [4.69, 9.17) is 0 Å². The number of rotatable bonds is 1. The summed E-state index contributed by atoms with van der Waals surface area (Å²) in [5, 5.41) is 0. The van der Waals surface area contributed by atoms with E-state index in [1.54, 1.807) is 0 Å². The minimum absolute atomic E-state index is 0.989.